The monoisotopic (exact) mass is 492 g/mol. The normalized spacial score (nSPS) is 11.9. The number of nitrogens with zero attached hydrogens (tertiary/aromatic N) is 1. The van der Waals surface area contributed by atoms with Crippen LogP contribution in [0.5, 0.6) is 11.5 Å². The zero-order valence-electron chi connectivity index (χ0n) is 21.2. The number of benzene rings is 3. The van der Waals surface area contributed by atoms with Crippen LogP contribution in [-0.2, 0) is 22.6 Å². The Bertz CT molecular complexity index is 1140. The lowest BCUT2D eigenvalue weighted by Crippen LogP contribution is -2.55. The first kappa shape index (κ1) is 26.7. The highest BCUT2D eigenvalue weighted by atomic mass is 19.1. The van der Waals surface area contributed by atoms with E-state index in [1.54, 1.807) is 36.4 Å². The molecule has 3 rings (SSSR count). The van der Waals surface area contributed by atoms with Gasteiger partial charge in [0.15, 0.2) is 18.1 Å². The molecule has 2 amide bonds. The number of methoxy groups -OCH3 is 1. The highest BCUT2D eigenvalue weighted by molar-refractivity contribution is 5.89. The van der Waals surface area contributed by atoms with E-state index in [9.17, 15) is 14.0 Å². The molecule has 1 N–H and O–H groups in total. The van der Waals surface area contributed by atoms with Crippen LogP contribution in [0, 0.1) is 5.82 Å². The SMILES string of the molecule is COc1ccccc1OCC(=O)N(Cc1ccc(F)cc1)[C@H](Cc1ccccc1)C(=O)NC(C)(C)C. The Morgan fingerprint density at radius 3 is 2.11 bits per heavy atom. The van der Waals surface area contributed by atoms with Gasteiger partial charge in [-0.15, -0.1) is 0 Å². The van der Waals surface area contributed by atoms with Crippen molar-refractivity contribution >= 4 is 11.8 Å². The summed E-state index contributed by atoms with van der Waals surface area (Å²) in [5.74, 6) is -0.104. The van der Waals surface area contributed by atoms with Crippen molar-refractivity contribution in [2.75, 3.05) is 13.7 Å². The third-order valence-electron chi connectivity index (χ3n) is 5.46. The summed E-state index contributed by atoms with van der Waals surface area (Å²) in [6, 6.07) is 21.7. The van der Waals surface area contributed by atoms with Crippen LogP contribution < -0.4 is 14.8 Å². The van der Waals surface area contributed by atoms with E-state index in [2.05, 4.69) is 5.32 Å². The molecule has 7 heteroatoms. The van der Waals surface area contributed by atoms with Gasteiger partial charge in [-0.1, -0.05) is 54.6 Å². The van der Waals surface area contributed by atoms with Crippen LogP contribution >= 0.6 is 0 Å². The molecule has 0 heterocycles. The zero-order valence-corrected chi connectivity index (χ0v) is 21.2. The Kier molecular flexibility index (Phi) is 9.06. The summed E-state index contributed by atoms with van der Waals surface area (Å²) >= 11 is 0. The fourth-order valence-corrected chi connectivity index (χ4v) is 3.75. The molecule has 3 aromatic rings. The Balaban J connectivity index is 1.93. The molecular weight excluding hydrogens is 459 g/mol. The van der Waals surface area contributed by atoms with Crippen molar-refractivity contribution in [2.24, 2.45) is 0 Å². The largest absolute Gasteiger partial charge is 0.493 e. The van der Waals surface area contributed by atoms with Crippen molar-refractivity contribution in [3.8, 4) is 11.5 Å². The van der Waals surface area contributed by atoms with Crippen molar-refractivity contribution in [2.45, 2.75) is 45.3 Å². The summed E-state index contributed by atoms with van der Waals surface area (Å²) in [6.07, 6.45) is 0.310. The molecule has 0 aromatic heterocycles. The van der Waals surface area contributed by atoms with E-state index in [0.29, 0.717) is 23.5 Å². The summed E-state index contributed by atoms with van der Waals surface area (Å²) in [7, 11) is 1.53. The first-order valence-corrected chi connectivity index (χ1v) is 11.8. The van der Waals surface area contributed by atoms with Crippen LogP contribution in [0.2, 0.25) is 0 Å². The van der Waals surface area contributed by atoms with Gasteiger partial charge in [-0.3, -0.25) is 9.59 Å². The minimum Gasteiger partial charge on any atom is -0.493 e. The highest BCUT2D eigenvalue weighted by Gasteiger charge is 2.32. The molecule has 0 aliphatic heterocycles. The van der Waals surface area contributed by atoms with Crippen LogP contribution in [0.15, 0.2) is 78.9 Å². The van der Waals surface area contributed by atoms with Crippen molar-refractivity contribution in [1.82, 2.24) is 10.2 Å². The van der Waals surface area contributed by atoms with Gasteiger partial charge in [-0.05, 0) is 56.2 Å². The molecule has 0 radical (unpaired) electrons. The third-order valence-corrected chi connectivity index (χ3v) is 5.46. The predicted octanol–water partition coefficient (Wildman–Crippen LogP) is 4.77. The first-order chi connectivity index (χ1) is 17.2. The highest BCUT2D eigenvalue weighted by Crippen LogP contribution is 2.26. The number of para-hydroxylation sites is 2. The van der Waals surface area contributed by atoms with E-state index in [0.717, 1.165) is 5.56 Å². The Morgan fingerprint density at radius 1 is 0.889 bits per heavy atom. The van der Waals surface area contributed by atoms with E-state index in [4.69, 9.17) is 9.47 Å². The van der Waals surface area contributed by atoms with Gasteiger partial charge in [0.2, 0.25) is 5.91 Å². The average molecular weight is 493 g/mol. The molecule has 36 heavy (non-hydrogen) atoms. The number of nitrogens with one attached hydrogen (secondary N) is 1. The molecule has 190 valence electrons. The van der Waals surface area contributed by atoms with Gasteiger partial charge in [-0.2, -0.15) is 0 Å². The maximum absolute atomic E-state index is 13.6. The molecule has 0 bridgehead atoms. The number of carbonyl (C=O) groups is 2. The molecule has 0 fully saturated rings. The average Bonchev–Trinajstić information content (AvgIpc) is 2.85. The van der Waals surface area contributed by atoms with E-state index < -0.39 is 11.6 Å². The molecule has 0 unspecified atom stereocenters. The van der Waals surface area contributed by atoms with E-state index >= 15 is 0 Å². The van der Waals surface area contributed by atoms with Crippen molar-refractivity contribution < 1.29 is 23.5 Å². The van der Waals surface area contributed by atoms with Gasteiger partial charge < -0.3 is 19.7 Å². The molecule has 0 saturated heterocycles. The van der Waals surface area contributed by atoms with E-state index in [1.807, 2.05) is 51.1 Å². The number of halogens is 1. The fraction of sp³-hybridized carbons (Fsp3) is 0.310. The quantitative estimate of drug-likeness (QED) is 0.443. The van der Waals surface area contributed by atoms with Crippen molar-refractivity contribution in [3.63, 3.8) is 0 Å². The topological polar surface area (TPSA) is 67.9 Å². The second-order valence-corrected chi connectivity index (χ2v) is 9.53. The van der Waals surface area contributed by atoms with E-state index in [-0.39, 0.29) is 30.8 Å². The van der Waals surface area contributed by atoms with Gasteiger partial charge in [-0.25, -0.2) is 4.39 Å². The molecule has 3 aromatic carbocycles. The minimum absolute atomic E-state index is 0.115. The maximum atomic E-state index is 13.6. The summed E-state index contributed by atoms with van der Waals surface area (Å²) in [4.78, 5) is 28.6. The molecule has 0 aliphatic rings. The number of hydrogen-bond donors (Lipinski definition) is 1. The number of amides is 2. The molecule has 0 spiro atoms. The first-order valence-electron chi connectivity index (χ1n) is 11.8. The fourth-order valence-electron chi connectivity index (χ4n) is 3.75. The lowest BCUT2D eigenvalue weighted by atomic mass is 10.0. The number of rotatable bonds is 10. The minimum atomic E-state index is -0.814. The van der Waals surface area contributed by atoms with Crippen LogP contribution in [0.3, 0.4) is 0 Å². The molecular formula is C29H33FN2O4. The number of ether oxygens (including phenoxy) is 2. The summed E-state index contributed by atoms with van der Waals surface area (Å²) in [5.41, 5.74) is 1.11. The van der Waals surface area contributed by atoms with Crippen LogP contribution in [-0.4, -0.2) is 42.0 Å². The van der Waals surface area contributed by atoms with Crippen LogP contribution in [0.25, 0.3) is 0 Å². The number of carbonyl (C=O) groups excluding carboxylic acids is 2. The molecule has 0 saturated carbocycles. The second kappa shape index (κ2) is 12.2. The Labute approximate surface area is 212 Å². The summed E-state index contributed by atoms with van der Waals surface area (Å²) in [6.45, 7) is 5.49. The van der Waals surface area contributed by atoms with Crippen molar-refractivity contribution in [3.05, 3.63) is 95.8 Å². The van der Waals surface area contributed by atoms with Gasteiger partial charge in [0.1, 0.15) is 11.9 Å². The van der Waals surface area contributed by atoms with Crippen LogP contribution in [0.1, 0.15) is 31.9 Å². The zero-order chi connectivity index (χ0) is 26.1. The van der Waals surface area contributed by atoms with Gasteiger partial charge in [0.25, 0.3) is 5.91 Å². The van der Waals surface area contributed by atoms with Gasteiger partial charge >= 0.3 is 0 Å². The lowest BCUT2D eigenvalue weighted by molar-refractivity contribution is -0.143. The van der Waals surface area contributed by atoms with Crippen LogP contribution in [0.4, 0.5) is 4.39 Å². The maximum Gasteiger partial charge on any atom is 0.261 e. The lowest BCUT2D eigenvalue weighted by Gasteiger charge is -2.33. The second-order valence-electron chi connectivity index (χ2n) is 9.53. The molecule has 6 nitrogen and oxygen atoms in total. The predicted molar refractivity (Wildman–Crippen MR) is 137 cm³/mol. The standard InChI is InChI=1S/C29H33FN2O4/c1-29(2,3)31-28(34)24(18-21-10-6-5-7-11-21)32(19-22-14-16-23(30)17-15-22)27(33)20-36-26-13-9-8-12-25(26)35-4/h5-17,24H,18-20H2,1-4H3,(H,31,34)/t24-/m1/s1. The Morgan fingerprint density at radius 2 is 1.50 bits per heavy atom. The third kappa shape index (κ3) is 7.83. The van der Waals surface area contributed by atoms with Crippen molar-refractivity contribution in [1.29, 1.82) is 0 Å². The van der Waals surface area contributed by atoms with Gasteiger partial charge in [0.05, 0.1) is 7.11 Å². The number of hydrogen-bond acceptors (Lipinski definition) is 4. The Hall–Kier alpha value is -3.87. The smallest absolute Gasteiger partial charge is 0.261 e. The van der Waals surface area contributed by atoms with E-state index in [1.165, 1.54) is 24.1 Å². The molecule has 0 aliphatic carbocycles. The van der Waals surface area contributed by atoms with Gasteiger partial charge in [0, 0.05) is 18.5 Å². The summed E-state index contributed by atoms with van der Waals surface area (Å²) < 4.78 is 24.7. The molecule has 1 atom stereocenters. The summed E-state index contributed by atoms with van der Waals surface area (Å²) in [5, 5.41) is 3.01.